The summed E-state index contributed by atoms with van der Waals surface area (Å²) in [5, 5.41) is 9.02. The van der Waals surface area contributed by atoms with Crippen molar-refractivity contribution in [3.05, 3.63) is 35.4 Å². The van der Waals surface area contributed by atoms with Crippen LogP contribution >= 0.6 is 0 Å². The molecule has 2 atom stereocenters. The molecule has 1 N–H and O–H groups in total. The van der Waals surface area contributed by atoms with E-state index in [4.69, 9.17) is 9.84 Å². The Morgan fingerprint density at radius 3 is 2.81 bits per heavy atom. The molecule has 1 aliphatic rings. The van der Waals surface area contributed by atoms with Crippen molar-refractivity contribution >= 4 is 0 Å². The molecule has 16 heavy (non-hydrogen) atoms. The molecule has 1 heterocycles. The van der Waals surface area contributed by atoms with Crippen molar-refractivity contribution in [1.29, 1.82) is 0 Å². The fourth-order valence-electron chi connectivity index (χ4n) is 2.19. The predicted octanol–water partition coefficient (Wildman–Crippen LogP) is 2.21. The Labute approximate surface area is 92.9 Å². The molecule has 0 bridgehead atoms. The molecule has 0 radical (unpaired) electrons. The number of aliphatic hydroxyl groups excluding tert-OH is 1. The lowest BCUT2D eigenvalue weighted by molar-refractivity contribution is 0.0120. The standard InChI is InChI=1S/C12H14F2O2/c1-12(5-8(6-15)7-16-12)10-3-2-9(13)4-11(10)14/h2-4,8,15H,5-7H2,1H3/t8-,12-/m1/s1. The van der Waals surface area contributed by atoms with Gasteiger partial charge in [0, 0.05) is 24.2 Å². The molecule has 88 valence electrons. The van der Waals surface area contributed by atoms with Gasteiger partial charge in [0.05, 0.1) is 12.2 Å². The van der Waals surface area contributed by atoms with Gasteiger partial charge in [0.1, 0.15) is 11.6 Å². The summed E-state index contributed by atoms with van der Waals surface area (Å²) >= 11 is 0. The van der Waals surface area contributed by atoms with E-state index in [0.717, 1.165) is 6.07 Å². The summed E-state index contributed by atoms with van der Waals surface area (Å²) < 4.78 is 31.9. The fraction of sp³-hybridized carbons (Fsp3) is 0.500. The third kappa shape index (κ3) is 1.95. The molecular formula is C12H14F2O2. The summed E-state index contributed by atoms with van der Waals surface area (Å²) in [6, 6.07) is 3.49. The first kappa shape index (κ1) is 11.5. The Kier molecular flexibility index (Phi) is 2.95. The molecule has 2 rings (SSSR count). The van der Waals surface area contributed by atoms with Crippen LogP contribution in [0.5, 0.6) is 0 Å². The van der Waals surface area contributed by atoms with Crippen LogP contribution in [0.2, 0.25) is 0 Å². The van der Waals surface area contributed by atoms with E-state index in [0.29, 0.717) is 18.6 Å². The smallest absolute Gasteiger partial charge is 0.132 e. The summed E-state index contributed by atoms with van der Waals surface area (Å²) in [5.41, 5.74) is -0.407. The normalized spacial score (nSPS) is 29.6. The molecule has 0 saturated carbocycles. The van der Waals surface area contributed by atoms with Gasteiger partial charge in [-0.25, -0.2) is 8.78 Å². The van der Waals surface area contributed by atoms with Crippen LogP contribution in [0, 0.1) is 17.6 Å². The number of ether oxygens (including phenoxy) is 1. The topological polar surface area (TPSA) is 29.5 Å². The van der Waals surface area contributed by atoms with Crippen LogP contribution in [0.1, 0.15) is 18.9 Å². The molecule has 0 aliphatic carbocycles. The van der Waals surface area contributed by atoms with Crippen molar-refractivity contribution in [2.45, 2.75) is 18.9 Å². The fourth-order valence-corrected chi connectivity index (χ4v) is 2.19. The molecular weight excluding hydrogens is 214 g/mol. The lowest BCUT2D eigenvalue weighted by Crippen LogP contribution is -2.22. The molecule has 1 saturated heterocycles. The quantitative estimate of drug-likeness (QED) is 0.841. The van der Waals surface area contributed by atoms with Crippen LogP contribution in [-0.2, 0) is 10.3 Å². The molecule has 0 aromatic heterocycles. The second kappa shape index (κ2) is 4.11. The van der Waals surface area contributed by atoms with Gasteiger partial charge in [0.15, 0.2) is 0 Å². The summed E-state index contributed by atoms with van der Waals surface area (Å²) in [6.45, 7) is 2.20. The average Bonchev–Trinajstić information content (AvgIpc) is 2.61. The Morgan fingerprint density at radius 1 is 1.50 bits per heavy atom. The van der Waals surface area contributed by atoms with E-state index in [-0.39, 0.29) is 12.5 Å². The van der Waals surface area contributed by atoms with E-state index in [1.54, 1.807) is 6.92 Å². The molecule has 1 fully saturated rings. The Bertz CT molecular complexity index is 395. The third-order valence-electron chi connectivity index (χ3n) is 3.07. The van der Waals surface area contributed by atoms with Gasteiger partial charge in [-0.2, -0.15) is 0 Å². The maximum Gasteiger partial charge on any atom is 0.132 e. The number of benzene rings is 1. The Morgan fingerprint density at radius 2 is 2.25 bits per heavy atom. The van der Waals surface area contributed by atoms with Crippen LogP contribution in [-0.4, -0.2) is 18.3 Å². The van der Waals surface area contributed by atoms with Gasteiger partial charge in [-0.1, -0.05) is 6.07 Å². The van der Waals surface area contributed by atoms with Crippen molar-refractivity contribution in [3.63, 3.8) is 0 Å². The predicted molar refractivity (Wildman–Crippen MR) is 54.9 cm³/mol. The molecule has 1 aromatic rings. The van der Waals surface area contributed by atoms with Crippen molar-refractivity contribution in [2.75, 3.05) is 13.2 Å². The molecule has 2 nitrogen and oxygen atoms in total. The van der Waals surface area contributed by atoms with Crippen LogP contribution in [0.25, 0.3) is 0 Å². The van der Waals surface area contributed by atoms with Gasteiger partial charge in [-0.3, -0.25) is 0 Å². The maximum absolute atomic E-state index is 13.6. The highest BCUT2D eigenvalue weighted by atomic mass is 19.1. The molecule has 0 spiro atoms. The zero-order chi connectivity index (χ0) is 11.8. The van der Waals surface area contributed by atoms with Crippen molar-refractivity contribution in [2.24, 2.45) is 5.92 Å². The molecule has 0 amide bonds. The van der Waals surface area contributed by atoms with Gasteiger partial charge >= 0.3 is 0 Å². The summed E-state index contributed by atoms with van der Waals surface area (Å²) in [6.07, 6.45) is 0.548. The highest BCUT2D eigenvalue weighted by Gasteiger charge is 2.39. The average molecular weight is 228 g/mol. The summed E-state index contributed by atoms with van der Waals surface area (Å²) in [4.78, 5) is 0. The SMILES string of the molecule is C[C@]1(c2ccc(F)cc2F)C[C@H](CO)CO1. The lowest BCUT2D eigenvalue weighted by atomic mass is 9.89. The van der Waals surface area contributed by atoms with E-state index in [9.17, 15) is 8.78 Å². The number of rotatable bonds is 2. The maximum atomic E-state index is 13.6. The molecule has 1 aromatic carbocycles. The highest BCUT2D eigenvalue weighted by Crippen LogP contribution is 2.39. The van der Waals surface area contributed by atoms with E-state index in [1.807, 2.05) is 0 Å². The van der Waals surface area contributed by atoms with Gasteiger partial charge in [0.2, 0.25) is 0 Å². The van der Waals surface area contributed by atoms with E-state index in [2.05, 4.69) is 0 Å². The minimum absolute atomic E-state index is 0.0226. The highest BCUT2D eigenvalue weighted by molar-refractivity contribution is 5.25. The first-order valence-corrected chi connectivity index (χ1v) is 5.25. The first-order valence-electron chi connectivity index (χ1n) is 5.25. The number of hydrogen-bond donors (Lipinski definition) is 1. The first-order chi connectivity index (χ1) is 7.55. The number of halogens is 2. The second-order valence-corrected chi connectivity index (χ2v) is 4.42. The van der Waals surface area contributed by atoms with Crippen LogP contribution in [0.4, 0.5) is 8.78 Å². The van der Waals surface area contributed by atoms with Crippen LogP contribution in [0.15, 0.2) is 18.2 Å². The van der Waals surface area contributed by atoms with Gasteiger partial charge < -0.3 is 9.84 Å². The molecule has 4 heteroatoms. The van der Waals surface area contributed by atoms with Crippen LogP contribution in [0.3, 0.4) is 0 Å². The largest absolute Gasteiger partial charge is 0.396 e. The Balaban J connectivity index is 2.30. The Hall–Kier alpha value is -1.00. The van der Waals surface area contributed by atoms with Crippen molar-refractivity contribution in [1.82, 2.24) is 0 Å². The van der Waals surface area contributed by atoms with Crippen molar-refractivity contribution in [3.8, 4) is 0 Å². The zero-order valence-electron chi connectivity index (χ0n) is 9.04. The van der Waals surface area contributed by atoms with E-state index >= 15 is 0 Å². The monoisotopic (exact) mass is 228 g/mol. The van der Waals surface area contributed by atoms with Crippen LogP contribution < -0.4 is 0 Å². The van der Waals surface area contributed by atoms with E-state index < -0.39 is 17.2 Å². The number of aliphatic hydroxyl groups is 1. The lowest BCUT2D eigenvalue weighted by Gasteiger charge is -2.24. The van der Waals surface area contributed by atoms with Gasteiger partial charge in [0.25, 0.3) is 0 Å². The number of hydrogen-bond acceptors (Lipinski definition) is 2. The van der Waals surface area contributed by atoms with Gasteiger partial charge in [-0.05, 0) is 19.4 Å². The van der Waals surface area contributed by atoms with E-state index in [1.165, 1.54) is 12.1 Å². The van der Waals surface area contributed by atoms with Gasteiger partial charge in [-0.15, -0.1) is 0 Å². The minimum atomic E-state index is -0.759. The molecule has 1 aliphatic heterocycles. The third-order valence-corrected chi connectivity index (χ3v) is 3.07. The molecule has 0 unspecified atom stereocenters. The minimum Gasteiger partial charge on any atom is -0.396 e. The second-order valence-electron chi connectivity index (χ2n) is 4.42. The van der Waals surface area contributed by atoms with Crippen molar-refractivity contribution < 1.29 is 18.6 Å². The summed E-state index contributed by atoms with van der Waals surface area (Å²) in [7, 11) is 0. The summed E-state index contributed by atoms with van der Waals surface area (Å²) in [5.74, 6) is -1.17. The zero-order valence-corrected chi connectivity index (χ0v) is 9.04.